The van der Waals surface area contributed by atoms with E-state index in [2.05, 4.69) is 42.6 Å². The lowest BCUT2D eigenvalue weighted by atomic mass is 9.72. The third-order valence-electron chi connectivity index (χ3n) is 5.53. The van der Waals surface area contributed by atoms with Crippen LogP contribution in [-0.2, 0) is 0 Å². The Morgan fingerprint density at radius 1 is 1.00 bits per heavy atom. The SMILES string of the molecule is CC1CC(C)C(CN2CCN(CCN(C)C)CC2)C(N)C1. The van der Waals surface area contributed by atoms with Crippen LogP contribution in [0.3, 0.4) is 0 Å². The molecule has 1 saturated carbocycles. The molecule has 1 saturated heterocycles. The van der Waals surface area contributed by atoms with E-state index in [0.29, 0.717) is 12.0 Å². The van der Waals surface area contributed by atoms with Crippen LogP contribution in [0.2, 0.25) is 0 Å². The van der Waals surface area contributed by atoms with E-state index in [4.69, 9.17) is 5.73 Å². The summed E-state index contributed by atoms with van der Waals surface area (Å²) in [6, 6.07) is 0.413. The minimum Gasteiger partial charge on any atom is -0.327 e. The van der Waals surface area contributed by atoms with E-state index < -0.39 is 0 Å². The van der Waals surface area contributed by atoms with Crippen molar-refractivity contribution in [2.45, 2.75) is 32.7 Å². The average molecular weight is 297 g/mol. The molecule has 1 aliphatic heterocycles. The Bertz CT molecular complexity index is 287. The van der Waals surface area contributed by atoms with Gasteiger partial charge < -0.3 is 15.5 Å². The van der Waals surface area contributed by atoms with Crippen LogP contribution in [0.1, 0.15) is 26.7 Å². The lowest BCUT2D eigenvalue weighted by molar-refractivity contribution is 0.0750. The van der Waals surface area contributed by atoms with E-state index in [1.807, 2.05) is 0 Å². The van der Waals surface area contributed by atoms with E-state index in [1.54, 1.807) is 0 Å². The van der Waals surface area contributed by atoms with Gasteiger partial charge in [0.15, 0.2) is 0 Å². The standard InChI is InChI=1S/C17H36N4/c1-14-11-15(2)16(17(18)12-14)13-21-9-7-20(8-10-21)6-5-19(3)4/h14-17H,5-13,18H2,1-4H3. The van der Waals surface area contributed by atoms with Gasteiger partial charge in [0.2, 0.25) is 0 Å². The van der Waals surface area contributed by atoms with Crippen LogP contribution in [0.25, 0.3) is 0 Å². The third-order valence-corrected chi connectivity index (χ3v) is 5.53. The lowest BCUT2D eigenvalue weighted by Crippen LogP contribution is -2.52. The number of hydrogen-bond acceptors (Lipinski definition) is 4. The predicted molar refractivity (Wildman–Crippen MR) is 90.5 cm³/mol. The second kappa shape index (κ2) is 7.91. The smallest absolute Gasteiger partial charge is 0.0110 e. The minimum atomic E-state index is 0.413. The molecule has 1 aliphatic carbocycles. The number of piperazine rings is 1. The molecule has 0 amide bonds. The van der Waals surface area contributed by atoms with E-state index in [-0.39, 0.29) is 0 Å². The van der Waals surface area contributed by atoms with Crippen LogP contribution < -0.4 is 5.73 Å². The highest BCUT2D eigenvalue weighted by Gasteiger charge is 2.33. The molecular weight excluding hydrogens is 260 g/mol. The molecule has 4 nitrogen and oxygen atoms in total. The highest BCUT2D eigenvalue weighted by Crippen LogP contribution is 2.33. The first-order valence-corrected chi connectivity index (χ1v) is 8.80. The summed E-state index contributed by atoms with van der Waals surface area (Å²) in [4.78, 5) is 7.53. The molecule has 0 bridgehead atoms. The van der Waals surface area contributed by atoms with E-state index in [9.17, 15) is 0 Å². The molecule has 1 heterocycles. The Morgan fingerprint density at radius 2 is 1.62 bits per heavy atom. The maximum Gasteiger partial charge on any atom is 0.0110 e. The highest BCUT2D eigenvalue weighted by molar-refractivity contribution is 4.88. The summed E-state index contributed by atoms with van der Waals surface area (Å²) in [6.07, 6.45) is 2.58. The van der Waals surface area contributed by atoms with Crippen molar-refractivity contribution in [2.75, 3.05) is 59.9 Å². The zero-order valence-corrected chi connectivity index (χ0v) is 14.6. The predicted octanol–water partition coefficient (Wildman–Crippen LogP) is 1.18. The van der Waals surface area contributed by atoms with Crippen molar-refractivity contribution < 1.29 is 0 Å². The fourth-order valence-electron chi connectivity index (χ4n) is 4.12. The van der Waals surface area contributed by atoms with Crippen LogP contribution in [-0.4, -0.2) is 80.7 Å². The first kappa shape index (κ1) is 17.2. The summed E-state index contributed by atoms with van der Waals surface area (Å²) in [5.41, 5.74) is 6.44. The van der Waals surface area contributed by atoms with Gasteiger partial charge in [-0.3, -0.25) is 4.90 Å². The highest BCUT2D eigenvalue weighted by atomic mass is 15.3. The van der Waals surface area contributed by atoms with Gasteiger partial charge in [-0.15, -0.1) is 0 Å². The van der Waals surface area contributed by atoms with E-state index >= 15 is 0 Å². The van der Waals surface area contributed by atoms with Crippen LogP contribution in [0.5, 0.6) is 0 Å². The minimum absolute atomic E-state index is 0.413. The molecule has 0 aromatic heterocycles. The molecule has 4 atom stereocenters. The Kier molecular flexibility index (Phi) is 6.48. The molecule has 0 radical (unpaired) electrons. The maximum atomic E-state index is 6.44. The van der Waals surface area contributed by atoms with Crippen molar-refractivity contribution in [1.29, 1.82) is 0 Å². The molecule has 2 aliphatic rings. The van der Waals surface area contributed by atoms with Gasteiger partial charge in [0, 0.05) is 51.9 Å². The fourth-order valence-corrected chi connectivity index (χ4v) is 4.12. The zero-order chi connectivity index (χ0) is 15.4. The molecule has 4 unspecified atom stereocenters. The average Bonchev–Trinajstić information content (AvgIpc) is 2.41. The fraction of sp³-hybridized carbons (Fsp3) is 1.00. The molecule has 0 aromatic carbocycles. The summed E-state index contributed by atoms with van der Waals surface area (Å²) in [7, 11) is 4.31. The van der Waals surface area contributed by atoms with Crippen LogP contribution in [0, 0.1) is 17.8 Å². The van der Waals surface area contributed by atoms with Gasteiger partial charge in [0.25, 0.3) is 0 Å². The zero-order valence-electron chi connectivity index (χ0n) is 14.6. The Labute approximate surface area is 131 Å². The van der Waals surface area contributed by atoms with Crippen LogP contribution in [0.4, 0.5) is 0 Å². The molecule has 0 spiro atoms. The first-order valence-electron chi connectivity index (χ1n) is 8.80. The Morgan fingerprint density at radius 3 is 2.19 bits per heavy atom. The summed E-state index contributed by atoms with van der Waals surface area (Å²) < 4.78 is 0. The van der Waals surface area contributed by atoms with Crippen molar-refractivity contribution in [1.82, 2.24) is 14.7 Å². The van der Waals surface area contributed by atoms with Crippen molar-refractivity contribution in [3.8, 4) is 0 Å². The van der Waals surface area contributed by atoms with Crippen LogP contribution in [0.15, 0.2) is 0 Å². The number of likely N-dealkylation sites (N-methyl/N-ethyl adjacent to an activating group) is 1. The van der Waals surface area contributed by atoms with Gasteiger partial charge in [-0.2, -0.15) is 0 Å². The second-order valence-electron chi connectivity index (χ2n) is 7.83. The van der Waals surface area contributed by atoms with Gasteiger partial charge >= 0.3 is 0 Å². The molecule has 124 valence electrons. The van der Waals surface area contributed by atoms with Crippen molar-refractivity contribution in [3.05, 3.63) is 0 Å². The van der Waals surface area contributed by atoms with Crippen molar-refractivity contribution in [2.24, 2.45) is 23.5 Å². The summed E-state index contributed by atoms with van der Waals surface area (Å²) in [6.45, 7) is 13.2. The molecule has 4 heteroatoms. The molecule has 2 N–H and O–H groups in total. The van der Waals surface area contributed by atoms with E-state index in [1.165, 1.54) is 58.7 Å². The summed E-state index contributed by atoms with van der Waals surface area (Å²) in [5.74, 6) is 2.30. The van der Waals surface area contributed by atoms with Crippen molar-refractivity contribution >= 4 is 0 Å². The quantitative estimate of drug-likeness (QED) is 0.826. The van der Waals surface area contributed by atoms with Gasteiger partial charge in [0.1, 0.15) is 0 Å². The molecule has 2 fully saturated rings. The number of nitrogens with two attached hydrogens (primary N) is 1. The monoisotopic (exact) mass is 296 g/mol. The van der Waals surface area contributed by atoms with Gasteiger partial charge in [-0.25, -0.2) is 0 Å². The molecule has 21 heavy (non-hydrogen) atoms. The van der Waals surface area contributed by atoms with Crippen molar-refractivity contribution in [3.63, 3.8) is 0 Å². The number of hydrogen-bond donors (Lipinski definition) is 1. The van der Waals surface area contributed by atoms with Gasteiger partial charge in [-0.05, 0) is 44.7 Å². The summed E-state index contributed by atoms with van der Waals surface area (Å²) >= 11 is 0. The largest absolute Gasteiger partial charge is 0.327 e. The van der Waals surface area contributed by atoms with Gasteiger partial charge in [0.05, 0.1) is 0 Å². The number of rotatable bonds is 5. The van der Waals surface area contributed by atoms with Gasteiger partial charge in [-0.1, -0.05) is 13.8 Å². The molecule has 2 rings (SSSR count). The lowest BCUT2D eigenvalue weighted by Gasteiger charge is -2.42. The first-order chi connectivity index (χ1) is 9.95. The Hall–Kier alpha value is -0.160. The van der Waals surface area contributed by atoms with Crippen LogP contribution >= 0.6 is 0 Å². The van der Waals surface area contributed by atoms with E-state index in [0.717, 1.165) is 11.8 Å². The molecule has 0 aromatic rings. The second-order valence-corrected chi connectivity index (χ2v) is 7.83. The third kappa shape index (κ3) is 5.20. The molecular formula is C17H36N4. The Balaban J connectivity index is 1.73. The maximum absolute atomic E-state index is 6.44. The summed E-state index contributed by atoms with van der Waals surface area (Å²) in [5, 5.41) is 0. The number of nitrogens with zero attached hydrogens (tertiary/aromatic N) is 3. The normalized spacial score (nSPS) is 36.3. The topological polar surface area (TPSA) is 35.7 Å².